The normalized spacial score (nSPS) is 16.9. The highest BCUT2D eigenvalue weighted by Gasteiger charge is 2.23. The molecule has 18 heavy (non-hydrogen) atoms. The van der Waals surface area contributed by atoms with Gasteiger partial charge in [-0.25, -0.2) is 0 Å². The van der Waals surface area contributed by atoms with Gasteiger partial charge in [0.15, 0.2) is 11.5 Å². The van der Waals surface area contributed by atoms with Crippen LogP contribution in [0.4, 0.5) is 0 Å². The zero-order valence-electron chi connectivity index (χ0n) is 11.0. The van der Waals surface area contributed by atoms with E-state index in [0.29, 0.717) is 19.0 Å². The summed E-state index contributed by atoms with van der Waals surface area (Å²) in [7, 11) is 0. The van der Waals surface area contributed by atoms with Crippen LogP contribution in [0.2, 0.25) is 0 Å². The van der Waals surface area contributed by atoms with Crippen molar-refractivity contribution in [1.82, 2.24) is 0 Å². The van der Waals surface area contributed by atoms with Crippen LogP contribution in [0, 0.1) is 0 Å². The minimum Gasteiger partial charge on any atom is -0.487 e. The van der Waals surface area contributed by atoms with Crippen molar-refractivity contribution >= 4 is 0 Å². The van der Waals surface area contributed by atoms with E-state index >= 15 is 0 Å². The Kier molecular flexibility index (Phi) is 4.70. The van der Waals surface area contributed by atoms with E-state index in [9.17, 15) is 0 Å². The van der Waals surface area contributed by atoms with Crippen molar-refractivity contribution in [2.75, 3.05) is 19.8 Å². The molecule has 0 fully saturated rings. The maximum atomic E-state index is 5.65. The Balaban J connectivity index is 1.78. The molecule has 1 aromatic carbocycles. The molecule has 0 bridgehead atoms. The summed E-state index contributed by atoms with van der Waals surface area (Å²) in [4.78, 5) is 0. The monoisotopic (exact) mass is 252 g/mol. The van der Waals surface area contributed by atoms with Gasteiger partial charge >= 0.3 is 0 Å². The van der Waals surface area contributed by atoms with Crippen LogP contribution in [-0.2, 0) is 4.74 Å². The first-order chi connectivity index (χ1) is 8.81. The van der Waals surface area contributed by atoms with Crippen molar-refractivity contribution in [1.29, 1.82) is 0 Å². The highest BCUT2D eigenvalue weighted by Crippen LogP contribution is 2.42. The van der Waals surface area contributed by atoms with E-state index in [-0.39, 0.29) is 6.29 Å². The van der Waals surface area contributed by atoms with Gasteiger partial charge in [0.1, 0.15) is 6.61 Å². The maximum Gasteiger partial charge on any atom is 0.239 e. The van der Waals surface area contributed by atoms with Gasteiger partial charge in [0.05, 0.1) is 6.61 Å². The predicted octanol–water partition coefficient (Wildman–Crippen LogP) is 3.00. The zero-order chi connectivity index (χ0) is 12.8. The van der Waals surface area contributed by atoms with Crippen LogP contribution in [0.1, 0.15) is 26.7 Å². The van der Waals surface area contributed by atoms with E-state index in [1.165, 1.54) is 0 Å². The highest BCUT2D eigenvalue weighted by molar-refractivity contribution is 5.52. The number of hydrogen-bond acceptors (Lipinski definition) is 4. The quantitative estimate of drug-likeness (QED) is 0.699. The lowest BCUT2D eigenvalue weighted by atomic mass is 10.3. The molecule has 1 atom stereocenters. The number of ether oxygens (including phenoxy) is 4. The molecular formula is C14H20O4. The second-order valence-corrected chi connectivity index (χ2v) is 4.20. The lowest BCUT2D eigenvalue weighted by molar-refractivity contribution is 0.0639. The molecule has 1 aliphatic rings. The third kappa shape index (κ3) is 3.29. The summed E-state index contributed by atoms with van der Waals surface area (Å²) in [5.41, 5.74) is 0. The topological polar surface area (TPSA) is 36.9 Å². The molecule has 1 aromatic rings. The largest absolute Gasteiger partial charge is 0.487 e. The third-order valence-corrected chi connectivity index (χ3v) is 2.65. The predicted molar refractivity (Wildman–Crippen MR) is 68.4 cm³/mol. The summed E-state index contributed by atoms with van der Waals surface area (Å²) in [6.07, 6.45) is 2.00. The molecule has 100 valence electrons. The fourth-order valence-corrected chi connectivity index (χ4v) is 1.75. The molecule has 0 saturated carbocycles. The van der Waals surface area contributed by atoms with Crippen molar-refractivity contribution in [3.8, 4) is 17.2 Å². The zero-order valence-corrected chi connectivity index (χ0v) is 11.0. The molecule has 0 N–H and O–H groups in total. The molecular weight excluding hydrogens is 232 g/mol. The summed E-state index contributed by atoms with van der Waals surface area (Å²) in [5, 5.41) is 0. The fourth-order valence-electron chi connectivity index (χ4n) is 1.75. The first-order valence-electron chi connectivity index (χ1n) is 6.48. The molecule has 1 aliphatic heterocycles. The summed E-state index contributed by atoms with van der Waals surface area (Å²) >= 11 is 0. The number of fused-ring (bicyclic) bond motifs is 1. The lowest BCUT2D eigenvalue weighted by Crippen LogP contribution is -2.12. The Labute approximate surface area is 108 Å². The Morgan fingerprint density at radius 3 is 2.89 bits per heavy atom. The summed E-state index contributed by atoms with van der Waals surface area (Å²) in [6, 6.07) is 5.66. The second-order valence-electron chi connectivity index (χ2n) is 4.20. The SMILES string of the molecule is CCCCOCCOc1cccc2c1OC(C)O2. The summed E-state index contributed by atoms with van der Waals surface area (Å²) in [5.74, 6) is 2.15. The number of para-hydroxylation sites is 1. The molecule has 1 unspecified atom stereocenters. The van der Waals surface area contributed by atoms with Crippen LogP contribution in [0.25, 0.3) is 0 Å². The maximum absolute atomic E-state index is 5.65. The molecule has 0 amide bonds. The van der Waals surface area contributed by atoms with E-state index in [1.807, 2.05) is 25.1 Å². The van der Waals surface area contributed by atoms with Gasteiger partial charge in [-0.3, -0.25) is 0 Å². The standard InChI is InChI=1S/C14H20O4/c1-3-4-8-15-9-10-16-12-6-5-7-13-14(12)18-11(2)17-13/h5-7,11H,3-4,8-10H2,1-2H3. The second kappa shape index (κ2) is 6.50. The first-order valence-corrected chi connectivity index (χ1v) is 6.48. The van der Waals surface area contributed by atoms with Crippen molar-refractivity contribution in [3.05, 3.63) is 18.2 Å². The molecule has 0 radical (unpaired) electrons. The molecule has 2 rings (SSSR count). The average molecular weight is 252 g/mol. The number of rotatable bonds is 7. The molecule has 4 heteroatoms. The van der Waals surface area contributed by atoms with Crippen LogP contribution in [0.3, 0.4) is 0 Å². The van der Waals surface area contributed by atoms with E-state index in [2.05, 4.69) is 6.92 Å². The van der Waals surface area contributed by atoms with Gasteiger partial charge in [-0.05, 0) is 18.6 Å². The number of benzene rings is 1. The Bertz CT molecular complexity index is 378. The Morgan fingerprint density at radius 1 is 1.17 bits per heavy atom. The molecule has 4 nitrogen and oxygen atoms in total. The molecule has 0 spiro atoms. The fraction of sp³-hybridized carbons (Fsp3) is 0.571. The van der Waals surface area contributed by atoms with Crippen LogP contribution in [-0.4, -0.2) is 26.1 Å². The van der Waals surface area contributed by atoms with Crippen LogP contribution in [0.15, 0.2) is 18.2 Å². The number of unbranched alkanes of at least 4 members (excludes halogenated alkanes) is 1. The molecule has 0 aromatic heterocycles. The lowest BCUT2D eigenvalue weighted by Gasteiger charge is -2.09. The van der Waals surface area contributed by atoms with E-state index in [0.717, 1.165) is 30.9 Å². The summed E-state index contributed by atoms with van der Waals surface area (Å²) in [6.45, 7) is 5.92. The minimum atomic E-state index is -0.245. The smallest absolute Gasteiger partial charge is 0.239 e. The summed E-state index contributed by atoms with van der Waals surface area (Å²) < 4.78 is 22.1. The van der Waals surface area contributed by atoms with Gasteiger partial charge in [-0.2, -0.15) is 0 Å². The van der Waals surface area contributed by atoms with E-state index < -0.39 is 0 Å². The van der Waals surface area contributed by atoms with Gasteiger partial charge in [-0.1, -0.05) is 19.4 Å². The van der Waals surface area contributed by atoms with Crippen LogP contribution >= 0.6 is 0 Å². The number of hydrogen-bond donors (Lipinski definition) is 0. The van der Waals surface area contributed by atoms with Crippen molar-refractivity contribution in [2.45, 2.75) is 33.0 Å². The van der Waals surface area contributed by atoms with Gasteiger partial charge < -0.3 is 18.9 Å². The van der Waals surface area contributed by atoms with Gasteiger partial charge in [0.2, 0.25) is 12.0 Å². The molecule has 0 aliphatic carbocycles. The first kappa shape index (κ1) is 13.0. The Morgan fingerprint density at radius 2 is 2.06 bits per heavy atom. The van der Waals surface area contributed by atoms with Crippen molar-refractivity contribution in [3.63, 3.8) is 0 Å². The third-order valence-electron chi connectivity index (χ3n) is 2.65. The highest BCUT2D eigenvalue weighted by atomic mass is 16.7. The average Bonchev–Trinajstić information content (AvgIpc) is 2.74. The van der Waals surface area contributed by atoms with Crippen LogP contribution in [0.5, 0.6) is 17.2 Å². The van der Waals surface area contributed by atoms with Crippen LogP contribution < -0.4 is 14.2 Å². The van der Waals surface area contributed by atoms with Gasteiger partial charge in [-0.15, -0.1) is 0 Å². The van der Waals surface area contributed by atoms with Gasteiger partial charge in [0, 0.05) is 13.5 Å². The molecule has 1 heterocycles. The van der Waals surface area contributed by atoms with Gasteiger partial charge in [0.25, 0.3) is 0 Å². The van der Waals surface area contributed by atoms with E-state index in [1.54, 1.807) is 0 Å². The minimum absolute atomic E-state index is 0.245. The van der Waals surface area contributed by atoms with E-state index in [4.69, 9.17) is 18.9 Å². The Hall–Kier alpha value is -1.42. The van der Waals surface area contributed by atoms with Crippen molar-refractivity contribution in [2.24, 2.45) is 0 Å². The van der Waals surface area contributed by atoms with Crippen molar-refractivity contribution < 1.29 is 18.9 Å². The molecule has 0 saturated heterocycles.